The minimum atomic E-state index is -0.864. The van der Waals surface area contributed by atoms with Crippen LogP contribution >= 0.6 is 0 Å². The number of rotatable bonds is 4. The highest BCUT2D eigenvalue weighted by Crippen LogP contribution is 2.34. The van der Waals surface area contributed by atoms with Crippen molar-refractivity contribution in [2.45, 2.75) is 32.2 Å². The molecule has 0 unspecified atom stereocenters. The molecule has 156 valence electrons. The molecule has 30 heavy (non-hydrogen) atoms. The second kappa shape index (κ2) is 7.81. The molecule has 1 N–H and O–H groups in total. The summed E-state index contributed by atoms with van der Waals surface area (Å²) in [6.45, 7) is 5.30. The Kier molecular flexibility index (Phi) is 5.19. The number of nitrogens with zero attached hydrogens (tertiary/aromatic N) is 5. The Morgan fingerprint density at radius 1 is 1.13 bits per heavy atom. The zero-order valence-electron chi connectivity index (χ0n) is 17.0. The van der Waals surface area contributed by atoms with Crippen molar-refractivity contribution in [2.24, 2.45) is 5.92 Å². The van der Waals surface area contributed by atoms with E-state index in [2.05, 4.69) is 20.3 Å². The minimum absolute atomic E-state index is 0.183. The second-order valence-electron chi connectivity index (χ2n) is 8.10. The fraction of sp³-hybridized carbons (Fsp3) is 0.429. The molecule has 0 aliphatic carbocycles. The van der Waals surface area contributed by atoms with Crippen LogP contribution in [0.5, 0.6) is 0 Å². The Hall–Kier alpha value is -3.36. The molecule has 4 rings (SSSR count). The molecule has 9 nitrogen and oxygen atoms in total. The molecule has 0 atom stereocenters. The standard InChI is InChI=1S/C21H24N6O3/c1-14(2)13-27-20(30)25-19(29)21(27)6-9-26(10-7-21)18(28)15-11-23-17(24-12-15)16-5-3-4-8-22-16/h3-5,8,11-12,14H,6-7,9-10,13H2,1-2H3,(H,25,29,30). The molecule has 2 fully saturated rings. The number of nitrogens with one attached hydrogen (secondary N) is 1. The van der Waals surface area contributed by atoms with Gasteiger partial charge in [-0.1, -0.05) is 19.9 Å². The fourth-order valence-corrected chi connectivity index (χ4v) is 4.05. The Morgan fingerprint density at radius 2 is 1.83 bits per heavy atom. The van der Waals surface area contributed by atoms with Gasteiger partial charge >= 0.3 is 6.03 Å². The summed E-state index contributed by atoms with van der Waals surface area (Å²) in [5, 5.41) is 2.45. The van der Waals surface area contributed by atoms with E-state index in [0.29, 0.717) is 49.6 Å². The molecule has 4 heterocycles. The van der Waals surface area contributed by atoms with Gasteiger partial charge in [0.1, 0.15) is 11.2 Å². The molecule has 0 bridgehead atoms. The normalized spacial score (nSPS) is 18.2. The van der Waals surface area contributed by atoms with Crippen molar-refractivity contribution in [1.29, 1.82) is 0 Å². The van der Waals surface area contributed by atoms with Gasteiger partial charge in [-0.3, -0.25) is 19.9 Å². The van der Waals surface area contributed by atoms with Gasteiger partial charge in [0.2, 0.25) is 0 Å². The SMILES string of the molecule is CC(C)CN1C(=O)NC(=O)C12CCN(C(=O)c1cnc(-c3ccccn3)nc1)CC2. The van der Waals surface area contributed by atoms with Crippen LogP contribution in [-0.2, 0) is 4.79 Å². The Labute approximate surface area is 174 Å². The van der Waals surface area contributed by atoms with Crippen LogP contribution in [0, 0.1) is 5.92 Å². The predicted octanol–water partition coefficient (Wildman–Crippen LogP) is 1.72. The van der Waals surface area contributed by atoms with Crippen molar-refractivity contribution in [3.8, 4) is 11.5 Å². The van der Waals surface area contributed by atoms with E-state index >= 15 is 0 Å². The van der Waals surface area contributed by atoms with Crippen molar-refractivity contribution in [1.82, 2.24) is 30.1 Å². The van der Waals surface area contributed by atoms with E-state index in [4.69, 9.17) is 0 Å². The van der Waals surface area contributed by atoms with Gasteiger partial charge in [0.15, 0.2) is 5.82 Å². The van der Waals surface area contributed by atoms with Crippen molar-refractivity contribution >= 4 is 17.8 Å². The van der Waals surface area contributed by atoms with Crippen LogP contribution in [0.25, 0.3) is 11.5 Å². The lowest BCUT2D eigenvalue weighted by atomic mass is 9.85. The molecular formula is C21H24N6O3. The highest BCUT2D eigenvalue weighted by molar-refractivity contribution is 6.07. The van der Waals surface area contributed by atoms with E-state index in [-0.39, 0.29) is 23.8 Å². The van der Waals surface area contributed by atoms with Gasteiger partial charge in [0, 0.05) is 38.2 Å². The molecule has 9 heteroatoms. The molecular weight excluding hydrogens is 384 g/mol. The van der Waals surface area contributed by atoms with Gasteiger partial charge in [-0.15, -0.1) is 0 Å². The van der Waals surface area contributed by atoms with E-state index in [9.17, 15) is 14.4 Å². The summed E-state index contributed by atoms with van der Waals surface area (Å²) in [5.41, 5.74) is 0.160. The van der Waals surface area contributed by atoms with E-state index in [1.54, 1.807) is 22.1 Å². The third-order valence-electron chi connectivity index (χ3n) is 5.62. The van der Waals surface area contributed by atoms with Crippen LogP contribution in [0.2, 0.25) is 0 Å². The van der Waals surface area contributed by atoms with E-state index in [1.807, 2.05) is 26.0 Å². The van der Waals surface area contributed by atoms with Crippen LogP contribution in [0.3, 0.4) is 0 Å². The largest absolute Gasteiger partial charge is 0.338 e. The Bertz CT molecular complexity index is 952. The maximum Gasteiger partial charge on any atom is 0.325 e. The third-order valence-corrected chi connectivity index (χ3v) is 5.62. The van der Waals surface area contributed by atoms with Crippen molar-refractivity contribution in [3.05, 3.63) is 42.4 Å². The van der Waals surface area contributed by atoms with E-state index in [1.165, 1.54) is 12.4 Å². The maximum absolute atomic E-state index is 12.9. The topological polar surface area (TPSA) is 108 Å². The number of pyridine rings is 1. The first-order chi connectivity index (χ1) is 14.4. The number of aromatic nitrogens is 3. The van der Waals surface area contributed by atoms with E-state index < -0.39 is 5.54 Å². The molecule has 2 aliphatic heterocycles. The number of hydrogen-bond acceptors (Lipinski definition) is 6. The number of carbonyl (C=O) groups excluding carboxylic acids is 3. The smallest absolute Gasteiger partial charge is 0.325 e. The zero-order valence-corrected chi connectivity index (χ0v) is 17.0. The summed E-state index contributed by atoms with van der Waals surface area (Å²) < 4.78 is 0. The molecule has 0 radical (unpaired) electrons. The number of amides is 4. The monoisotopic (exact) mass is 408 g/mol. The highest BCUT2D eigenvalue weighted by atomic mass is 16.2. The average molecular weight is 408 g/mol. The first-order valence-corrected chi connectivity index (χ1v) is 10.1. The van der Waals surface area contributed by atoms with Crippen LogP contribution < -0.4 is 5.32 Å². The van der Waals surface area contributed by atoms with E-state index in [0.717, 1.165) is 0 Å². The van der Waals surface area contributed by atoms with Gasteiger partial charge < -0.3 is 9.80 Å². The van der Waals surface area contributed by atoms with Crippen molar-refractivity contribution < 1.29 is 14.4 Å². The van der Waals surface area contributed by atoms with Gasteiger partial charge in [0.05, 0.1) is 5.56 Å². The maximum atomic E-state index is 12.9. The summed E-state index contributed by atoms with van der Waals surface area (Å²) in [5.74, 6) is 0.254. The molecule has 2 aliphatic rings. The summed E-state index contributed by atoms with van der Waals surface area (Å²) in [6.07, 6.45) is 5.49. The fourth-order valence-electron chi connectivity index (χ4n) is 4.05. The lowest BCUT2D eigenvalue weighted by Crippen LogP contribution is -2.58. The summed E-state index contributed by atoms with van der Waals surface area (Å²) in [7, 11) is 0. The first kappa shape index (κ1) is 19.9. The van der Waals surface area contributed by atoms with Gasteiger partial charge in [-0.05, 0) is 30.9 Å². The summed E-state index contributed by atoms with van der Waals surface area (Å²) in [6, 6.07) is 5.12. The molecule has 0 saturated carbocycles. The third kappa shape index (κ3) is 3.51. The Morgan fingerprint density at radius 3 is 2.43 bits per heavy atom. The lowest BCUT2D eigenvalue weighted by Gasteiger charge is -2.42. The van der Waals surface area contributed by atoms with Crippen molar-refractivity contribution in [3.63, 3.8) is 0 Å². The highest BCUT2D eigenvalue weighted by Gasteiger charge is 2.54. The van der Waals surface area contributed by atoms with Gasteiger partial charge in [-0.2, -0.15) is 0 Å². The van der Waals surface area contributed by atoms with Crippen LogP contribution in [-0.4, -0.2) is 67.8 Å². The van der Waals surface area contributed by atoms with Gasteiger partial charge in [-0.25, -0.2) is 14.8 Å². The lowest BCUT2D eigenvalue weighted by molar-refractivity contribution is -0.129. The first-order valence-electron chi connectivity index (χ1n) is 10.1. The number of imide groups is 1. The molecule has 1 spiro atoms. The quantitative estimate of drug-likeness (QED) is 0.772. The van der Waals surface area contributed by atoms with Gasteiger partial charge in [0.25, 0.3) is 11.8 Å². The zero-order chi connectivity index (χ0) is 21.3. The molecule has 2 aromatic heterocycles. The van der Waals surface area contributed by atoms with Crippen LogP contribution in [0.15, 0.2) is 36.8 Å². The minimum Gasteiger partial charge on any atom is -0.338 e. The number of hydrogen-bond donors (Lipinski definition) is 1. The summed E-state index contributed by atoms with van der Waals surface area (Å²) >= 11 is 0. The van der Waals surface area contributed by atoms with Crippen molar-refractivity contribution in [2.75, 3.05) is 19.6 Å². The number of piperidine rings is 1. The molecule has 4 amide bonds. The number of likely N-dealkylation sites (tertiary alicyclic amines) is 1. The van der Waals surface area contributed by atoms with Crippen LogP contribution in [0.1, 0.15) is 37.0 Å². The summed E-state index contributed by atoms with van der Waals surface area (Å²) in [4.78, 5) is 53.8. The average Bonchev–Trinajstić information content (AvgIpc) is 2.98. The second-order valence-corrected chi connectivity index (χ2v) is 8.10. The Balaban J connectivity index is 1.45. The number of urea groups is 1. The predicted molar refractivity (Wildman–Crippen MR) is 108 cm³/mol. The molecule has 2 saturated heterocycles. The van der Waals surface area contributed by atoms with Crippen LogP contribution in [0.4, 0.5) is 4.79 Å². The molecule has 2 aromatic rings. The molecule has 0 aromatic carbocycles. The number of carbonyl (C=O) groups is 3.